The SMILES string of the molecule is FC(F)c1cc(I)c(Br)nc1Br. The highest BCUT2D eigenvalue weighted by molar-refractivity contribution is 14.1. The van der Waals surface area contributed by atoms with Crippen LogP contribution in [0, 0.1) is 3.57 Å². The lowest BCUT2D eigenvalue weighted by atomic mass is 10.3. The van der Waals surface area contributed by atoms with Crippen molar-refractivity contribution in [3.05, 3.63) is 24.4 Å². The molecule has 1 nitrogen and oxygen atoms in total. The molecule has 0 bridgehead atoms. The Balaban J connectivity index is 3.23. The monoisotopic (exact) mass is 411 g/mol. The molecule has 1 rings (SSSR count). The second kappa shape index (κ2) is 4.28. The molecule has 0 aliphatic rings. The van der Waals surface area contributed by atoms with Crippen LogP contribution in [0.25, 0.3) is 0 Å². The van der Waals surface area contributed by atoms with Crippen molar-refractivity contribution in [2.45, 2.75) is 6.43 Å². The molecule has 0 aliphatic heterocycles. The Kier molecular flexibility index (Phi) is 3.84. The van der Waals surface area contributed by atoms with Crippen LogP contribution in [0.1, 0.15) is 12.0 Å². The van der Waals surface area contributed by atoms with Crippen molar-refractivity contribution in [3.63, 3.8) is 0 Å². The Morgan fingerprint density at radius 1 is 1.33 bits per heavy atom. The third kappa shape index (κ3) is 2.35. The van der Waals surface area contributed by atoms with E-state index < -0.39 is 6.43 Å². The van der Waals surface area contributed by atoms with Gasteiger partial charge in [0.2, 0.25) is 0 Å². The van der Waals surface area contributed by atoms with E-state index in [1.807, 2.05) is 22.6 Å². The van der Waals surface area contributed by atoms with E-state index in [2.05, 4.69) is 36.8 Å². The van der Waals surface area contributed by atoms with Gasteiger partial charge in [-0.15, -0.1) is 0 Å². The first-order chi connectivity index (χ1) is 5.52. The van der Waals surface area contributed by atoms with Crippen molar-refractivity contribution in [1.82, 2.24) is 4.98 Å². The lowest BCUT2D eigenvalue weighted by molar-refractivity contribution is 0.150. The Hall–Kier alpha value is 0.700. The molecule has 66 valence electrons. The minimum absolute atomic E-state index is 0.0809. The third-order valence-corrected chi connectivity index (χ3v) is 3.95. The molecule has 0 amide bonds. The fourth-order valence-electron chi connectivity index (χ4n) is 0.613. The van der Waals surface area contributed by atoms with E-state index in [1.54, 1.807) is 0 Å². The van der Waals surface area contributed by atoms with Crippen molar-refractivity contribution in [3.8, 4) is 0 Å². The first-order valence-electron chi connectivity index (χ1n) is 2.82. The standard InChI is InChI=1S/C6H2Br2F2IN/c7-4-2(6(9)10)1-3(11)5(8)12-4/h1,6H. The van der Waals surface area contributed by atoms with Crippen LogP contribution < -0.4 is 0 Å². The molecule has 0 saturated carbocycles. The molecule has 0 N–H and O–H groups in total. The van der Waals surface area contributed by atoms with E-state index in [0.717, 1.165) is 0 Å². The first-order valence-corrected chi connectivity index (χ1v) is 5.48. The number of aromatic nitrogens is 1. The second-order valence-corrected chi connectivity index (χ2v) is 4.61. The van der Waals surface area contributed by atoms with Crippen LogP contribution >= 0.6 is 54.5 Å². The molecule has 0 saturated heterocycles. The molecule has 1 aromatic heterocycles. The average Bonchev–Trinajstić information content (AvgIpc) is 1.96. The van der Waals surface area contributed by atoms with Gasteiger partial charge in [-0.05, 0) is 60.5 Å². The van der Waals surface area contributed by atoms with Crippen LogP contribution in [-0.4, -0.2) is 4.98 Å². The summed E-state index contributed by atoms with van der Waals surface area (Å²) < 4.78 is 25.9. The van der Waals surface area contributed by atoms with E-state index in [-0.39, 0.29) is 10.2 Å². The molecular formula is C6H2Br2F2IN. The Labute approximate surface area is 98.3 Å². The van der Waals surface area contributed by atoms with Gasteiger partial charge in [-0.3, -0.25) is 0 Å². The molecule has 1 heterocycles. The molecule has 0 fully saturated rings. The van der Waals surface area contributed by atoms with E-state index in [0.29, 0.717) is 8.17 Å². The predicted octanol–water partition coefficient (Wildman–Crippen LogP) is 4.15. The maximum Gasteiger partial charge on any atom is 0.266 e. The van der Waals surface area contributed by atoms with E-state index >= 15 is 0 Å². The molecule has 0 aliphatic carbocycles. The van der Waals surface area contributed by atoms with Crippen molar-refractivity contribution in [2.24, 2.45) is 0 Å². The zero-order chi connectivity index (χ0) is 9.30. The number of hydrogen-bond acceptors (Lipinski definition) is 1. The van der Waals surface area contributed by atoms with Crippen LogP contribution in [-0.2, 0) is 0 Å². The summed E-state index contributed by atoms with van der Waals surface area (Å²) in [6.45, 7) is 0. The molecule has 0 unspecified atom stereocenters. The summed E-state index contributed by atoms with van der Waals surface area (Å²) in [5, 5.41) is 0. The van der Waals surface area contributed by atoms with Gasteiger partial charge in [0.15, 0.2) is 0 Å². The normalized spacial score (nSPS) is 10.8. The van der Waals surface area contributed by atoms with Crippen LogP contribution in [0.15, 0.2) is 15.3 Å². The molecule has 6 heteroatoms. The highest BCUT2D eigenvalue weighted by Gasteiger charge is 2.14. The summed E-state index contributed by atoms with van der Waals surface area (Å²) in [6.07, 6.45) is -2.49. The van der Waals surface area contributed by atoms with Crippen molar-refractivity contribution in [1.29, 1.82) is 0 Å². The zero-order valence-electron chi connectivity index (χ0n) is 5.49. The summed E-state index contributed by atoms with van der Waals surface area (Å²) in [5.74, 6) is 0. The summed E-state index contributed by atoms with van der Waals surface area (Å²) in [4.78, 5) is 3.84. The number of halogens is 5. The zero-order valence-corrected chi connectivity index (χ0v) is 10.8. The Morgan fingerprint density at radius 3 is 2.42 bits per heavy atom. The van der Waals surface area contributed by atoms with Gasteiger partial charge in [0, 0.05) is 3.57 Å². The van der Waals surface area contributed by atoms with E-state index in [9.17, 15) is 8.78 Å². The van der Waals surface area contributed by atoms with Crippen LogP contribution in [0.5, 0.6) is 0 Å². The third-order valence-electron chi connectivity index (χ3n) is 1.15. The van der Waals surface area contributed by atoms with Gasteiger partial charge in [0.05, 0.1) is 5.56 Å². The fourth-order valence-corrected chi connectivity index (χ4v) is 2.06. The largest absolute Gasteiger partial charge is 0.266 e. The quantitative estimate of drug-likeness (QED) is 0.499. The molecule has 1 aromatic rings. The molecule has 0 atom stereocenters. The van der Waals surface area contributed by atoms with Gasteiger partial charge < -0.3 is 0 Å². The summed E-state index contributed by atoms with van der Waals surface area (Å²) in [5.41, 5.74) is -0.0809. The number of rotatable bonds is 1. The maximum atomic E-state index is 12.3. The van der Waals surface area contributed by atoms with Gasteiger partial charge in [-0.1, -0.05) is 0 Å². The minimum Gasteiger partial charge on any atom is -0.232 e. The van der Waals surface area contributed by atoms with Crippen molar-refractivity contribution >= 4 is 54.5 Å². The van der Waals surface area contributed by atoms with Crippen molar-refractivity contribution < 1.29 is 8.78 Å². The number of hydrogen-bond donors (Lipinski definition) is 0. The van der Waals surface area contributed by atoms with E-state index in [1.165, 1.54) is 6.07 Å². The summed E-state index contributed by atoms with van der Waals surface area (Å²) in [7, 11) is 0. The molecule has 0 spiro atoms. The van der Waals surface area contributed by atoms with Gasteiger partial charge in [-0.25, -0.2) is 13.8 Å². The second-order valence-electron chi connectivity index (χ2n) is 1.94. The molecule has 0 radical (unpaired) electrons. The lowest BCUT2D eigenvalue weighted by Gasteiger charge is -2.03. The van der Waals surface area contributed by atoms with Gasteiger partial charge in [0.1, 0.15) is 9.21 Å². The predicted molar refractivity (Wildman–Crippen MR) is 57.3 cm³/mol. The van der Waals surface area contributed by atoms with Crippen LogP contribution in [0.3, 0.4) is 0 Å². The topological polar surface area (TPSA) is 12.9 Å². The lowest BCUT2D eigenvalue weighted by Crippen LogP contribution is -1.92. The average molecular weight is 413 g/mol. The highest BCUT2D eigenvalue weighted by atomic mass is 127. The maximum absolute atomic E-state index is 12.3. The van der Waals surface area contributed by atoms with Gasteiger partial charge in [0.25, 0.3) is 6.43 Å². The fraction of sp³-hybridized carbons (Fsp3) is 0.167. The van der Waals surface area contributed by atoms with Gasteiger partial charge >= 0.3 is 0 Å². The summed E-state index contributed by atoms with van der Waals surface area (Å²) in [6, 6.07) is 1.40. The highest BCUT2D eigenvalue weighted by Crippen LogP contribution is 2.30. The van der Waals surface area contributed by atoms with Crippen LogP contribution in [0.2, 0.25) is 0 Å². The number of alkyl halides is 2. The number of pyridine rings is 1. The number of nitrogens with zero attached hydrogens (tertiary/aromatic N) is 1. The summed E-state index contributed by atoms with van der Waals surface area (Å²) >= 11 is 8.03. The first kappa shape index (κ1) is 10.8. The molecular weight excluding hydrogens is 411 g/mol. The van der Waals surface area contributed by atoms with Gasteiger partial charge in [-0.2, -0.15) is 0 Å². The van der Waals surface area contributed by atoms with Crippen LogP contribution in [0.4, 0.5) is 8.78 Å². The Morgan fingerprint density at radius 2 is 1.92 bits per heavy atom. The molecule has 0 aromatic carbocycles. The minimum atomic E-state index is -2.49. The smallest absolute Gasteiger partial charge is 0.232 e. The van der Waals surface area contributed by atoms with Crippen molar-refractivity contribution in [2.75, 3.05) is 0 Å². The molecule has 12 heavy (non-hydrogen) atoms. The Bertz CT molecular complexity index is 306. The van der Waals surface area contributed by atoms with E-state index in [4.69, 9.17) is 0 Å².